The highest BCUT2D eigenvalue weighted by Gasteiger charge is 1.96. The molecule has 0 aliphatic rings. The largest absolute Gasteiger partial charge is 0.398 e. The molecule has 0 bridgehead atoms. The Balaban J connectivity index is 2.00. The first-order chi connectivity index (χ1) is 9.24. The van der Waals surface area contributed by atoms with E-state index in [-0.39, 0.29) is 0 Å². The molecule has 5 nitrogen and oxygen atoms in total. The van der Waals surface area contributed by atoms with Crippen LogP contribution in [0.4, 0.5) is 11.4 Å². The standard InChI is InChI=1S/C14H24N2O3/c1-12-3-4-13(11-14(12)15)16-5-6-18-9-10-19-8-7-17-2/h3-4,11,16H,5-10,15H2,1-2H3. The van der Waals surface area contributed by atoms with E-state index in [1.807, 2.05) is 25.1 Å². The van der Waals surface area contributed by atoms with Gasteiger partial charge in [0, 0.05) is 25.0 Å². The third-order valence-electron chi connectivity index (χ3n) is 2.66. The average molecular weight is 268 g/mol. The van der Waals surface area contributed by atoms with Crippen molar-refractivity contribution in [1.29, 1.82) is 0 Å². The summed E-state index contributed by atoms with van der Waals surface area (Å²) in [4.78, 5) is 0. The lowest BCUT2D eigenvalue weighted by Gasteiger charge is -2.09. The quantitative estimate of drug-likeness (QED) is 0.499. The fourth-order valence-corrected chi connectivity index (χ4v) is 1.48. The van der Waals surface area contributed by atoms with Crippen molar-refractivity contribution in [2.24, 2.45) is 0 Å². The van der Waals surface area contributed by atoms with E-state index < -0.39 is 0 Å². The van der Waals surface area contributed by atoms with Crippen LogP contribution in [-0.4, -0.2) is 46.7 Å². The predicted octanol–water partition coefficient (Wildman–Crippen LogP) is 1.67. The van der Waals surface area contributed by atoms with Gasteiger partial charge in [0.1, 0.15) is 0 Å². The first-order valence-electron chi connectivity index (χ1n) is 6.48. The Morgan fingerprint density at radius 1 is 1.05 bits per heavy atom. The summed E-state index contributed by atoms with van der Waals surface area (Å²) in [7, 11) is 1.66. The van der Waals surface area contributed by atoms with Crippen molar-refractivity contribution >= 4 is 11.4 Å². The molecular formula is C14H24N2O3. The molecule has 1 aromatic rings. The van der Waals surface area contributed by atoms with Gasteiger partial charge in [-0.25, -0.2) is 0 Å². The number of rotatable bonds is 10. The van der Waals surface area contributed by atoms with Gasteiger partial charge in [-0.1, -0.05) is 6.07 Å². The summed E-state index contributed by atoms with van der Waals surface area (Å²) >= 11 is 0. The maximum Gasteiger partial charge on any atom is 0.0701 e. The Labute approximate surface area is 115 Å². The number of benzene rings is 1. The molecule has 0 saturated carbocycles. The number of methoxy groups -OCH3 is 1. The second-order valence-corrected chi connectivity index (χ2v) is 4.22. The topological polar surface area (TPSA) is 65.7 Å². The molecule has 1 aromatic carbocycles. The molecule has 3 N–H and O–H groups in total. The normalized spacial score (nSPS) is 10.6. The van der Waals surface area contributed by atoms with Gasteiger partial charge in [0.15, 0.2) is 0 Å². The molecule has 0 radical (unpaired) electrons. The van der Waals surface area contributed by atoms with Gasteiger partial charge in [-0.3, -0.25) is 0 Å². The molecule has 0 unspecified atom stereocenters. The minimum atomic E-state index is 0.598. The summed E-state index contributed by atoms with van der Waals surface area (Å²) in [6.45, 7) is 5.81. The van der Waals surface area contributed by atoms with E-state index in [9.17, 15) is 0 Å². The van der Waals surface area contributed by atoms with Gasteiger partial charge in [0.2, 0.25) is 0 Å². The van der Waals surface area contributed by atoms with Gasteiger partial charge in [-0.15, -0.1) is 0 Å². The summed E-state index contributed by atoms with van der Waals surface area (Å²) in [5.74, 6) is 0. The van der Waals surface area contributed by atoms with Gasteiger partial charge < -0.3 is 25.3 Å². The monoisotopic (exact) mass is 268 g/mol. The van der Waals surface area contributed by atoms with Crippen molar-refractivity contribution in [1.82, 2.24) is 0 Å². The van der Waals surface area contributed by atoms with Crippen LogP contribution in [0.1, 0.15) is 5.56 Å². The average Bonchev–Trinajstić information content (AvgIpc) is 2.41. The van der Waals surface area contributed by atoms with Crippen molar-refractivity contribution in [3.05, 3.63) is 23.8 Å². The van der Waals surface area contributed by atoms with Crippen LogP contribution in [0.2, 0.25) is 0 Å². The van der Waals surface area contributed by atoms with Crippen molar-refractivity contribution < 1.29 is 14.2 Å². The van der Waals surface area contributed by atoms with E-state index in [1.54, 1.807) is 7.11 Å². The molecule has 5 heteroatoms. The van der Waals surface area contributed by atoms with Gasteiger partial charge in [-0.2, -0.15) is 0 Å². The minimum absolute atomic E-state index is 0.598. The first-order valence-corrected chi connectivity index (χ1v) is 6.48. The van der Waals surface area contributed by atoms with Crippen molar-refractivity contribution in [3.8, 4) is 0 Å². The summed E-state index contributed by atoms with van der Waals surface area (Å²) in [5.41, 5.74) is 8.75. The summed E-state index contributed by atoms with van der Waals surface area (Å²) in [6, 6.07) is 5.95. The molecule has 19 heavy (non-hydrogen) atoms. The summed E-state index contributed by atoms with van der Waals surface area (Å²) in [5, 5.41) is 3.26. The van der Waals surface area contributed by atoms with Crippen LogP contribution in [0.5, 0.6) is 0 Å². The summed E-state index contributed by atoms with van der Waals surface area (Å²) in [6.07, 6.45) is 0. The molecule has 0 aliphatic heterocycles. The van der Waals surface area contributed by atoms with Gasteiger partial charge in [0.05, 0.1) is 33.0 Å². The molecule has 0 atom stereocenters. The van der Waals surface area contributed by atoms with E-state index >= 15 is 0 Å². The molecule has 0 amide bonds. The number of hydrogen-bond acceptors (Lipinski definition) is 5. The zero-order valence-electron chi connectivity index (χ0n) is 11.8. The lowest BCUT2D eigenvalue weighted by molar-refractivity contribution is 0.0272. The van der Waals surface area contributed by atoms with Crippen LogP contribution >= 0.6 is 0 Å². The fourth-order valence-electron chi connectivity index (χ4n) is 1.48. The predicted molar refractivity (Wildman–Crippen MR) is 77.6 cm³/mol. The third kappa shape index (κ3) is 7.00. The maximum absolute atomic E-state index is 5.83. The number of aryl methyl sites for hydroxylation is 1. The van der Waals surface area contributed by atoms with Gasteiger partial charge in [-0.05, 0) is 24.6 Å². The molecule has 0 heterocycles. The summed E-state index contributed by atoms with van der Waals surface area (Å²) < 4.78 is 15.6. The van der Waals surface area contributed by atoms with Gasteiger partial charge in [0.25, 0.3) is 0 Å². The minimum Gasteiger partial charge on any atom is -0.398 e. The molecular weight excluding hydrogens is 244 g/mol. The fraction of sp³-hybridized carbons (Fsp3) is 0.571. The number of nitrogens with one attached hydrogen (secondary N) is 1. The SMILES string of the molecule is COCCOCCOCCNc1ccc(C)c(N)c1. The smallest absolute Gasteiger partial charge is 0.0701 e. The number of ether oxygens (including phenoxy) is 3. The molecule has 0 aromatic heterocycles. The highest BCUT2D eigenvalue weighted by Crippen LogP contribution is 2.16. The Morgan fingerprint density at radius 3 is 2.42 bits per heavy atom. The Kier molecular flexibility index (Phi) is 7.97. The zero-order chi connectivity index (χ0) is 13.9. The van der Waals surface area contributed by atoms with Crippen LogP contribution in [0.3, 0.4) is 0 Å². The second kappa shape index (κ2) is 9.61. The van der Waals surface area contributed by atoms with E-state index in [1.165, 1.54) is 0 Å². The van der Waals surface area contributed by atoms with Crippen molar-refractivity contribution in [2.75, 3.05) is 57.7 Å². The molecule has 0 fully saturated rings. The molecule has 108 valence electrons. The molecule has 1 rings (SSSR count). The van der Waals surface area contributed by atoms with Crippen LogP contribution in [0.25, 0.3) is 0 Å². The van der Waals surface area contributed by atoms with Crippen LogP contribution in [0.15, 0.2) is 18.2 Å². The Hall–Kier alpha value is -1.30. The Morgan fingerprint density at radius 2 is 1.74 bits per heavy atom. The lowest BCUT2D eigenvalue weighted by atomic mass is 10.2. The van der Waals surface area contributed by atoms with E-state index in [0.717, 1.165) is 23.5 Å². The first kappa shape index (κ1) is 15.8. The molecule has 0 saturated heterocycles. The lowest BCUT2D eigenvalue weighted by Crippen LogP contribution is -2.13. The van der Waals surface area contributed by atoms with Crippen LogP contribution < -0.4 is 11.1 Å². The van der Waals surface area contributed by atoms with Crippen molar-refractivity contribution in [2.45, 2.75) is 6.92 Å². The third-order valence-corrected chi connectivity index (χ3v) is 2.66. The highest BCUT2D eigenvalue weighted by molar-refractivity contribution is 5.58. The zero-order valence-corrected chi connectivity index (χ0v) is 11.8. The van der Waals surface area contributed by atoms with E-state index in [0.29, 0.717) is 33.0 Å². The van der Waals surface area contributed by atoms with E-state index in [4.69, 9.17) is 19.9 Å². The number of anilines is 2. The highest BCUT2D eigenvalue weighted by atomic mass is 16.5. The second-order valence-electron chi connectivity index (χ2n) is 4.22. The van der Waals surface area contributed by atoms with Crippen LogP contribution in [0, 0.1) is 6.92 Å². The number of hydrogen-bond donors (Lipinski definition) is 2. The van der Waals surface area contributed by atoms with Crippen LogP contribution in [-0.2, 0) is 14.2 Å². The number of nitrogen functional groups attached to an aromatic ring is 1. The Bertz CT molecular complexity index is 359. The molecule has 0 aliphatic carbocycles. The maximum atomic E-state index is 5.83. The molecule has 0 spiro atoms. The van der Waals surface area contributed by atoms with Crippen molar-refractivity contribution in [3.63, 3.8) is 0 Å². The van der Waals surface area contributed by atoms with E-state index in [2.05, 4.69) is 5.32 Å². The van der Waals surface area contributed by atoms with Gasteiger partial charge >= 0.3 is 0 Å². The number of nitrogens with two attached hydrogens (primary N) is 1.